The maximum absolute atomic E-state index is 12.9. The molecule has 146 valence electrons. The highest BCUT2D eigenvalue weighted by Gasteiger charge is 2.31. The van der Waals surface area contributed by atoms with Crippen molar-refractivity contribution in [2.45, 2.75) is 31.2 Å². The summed E-state index contributed by atoms with van der Waals surface area (Å²) in [6.45, 7) is 3.87. The average Bonchev–Trinajstić information content (AvgIpc) is 3.17. The van der Waals surface area contributed by atoms with Crippen LogP contribution < -0.4 is 0 Å². The fourth-order valence-electron chi connectivity index (χ4n) is 4.08. The van der Waals surface area contributed by atoms with Crippen molar-refractivity contribution in [1.29, 1.82) is 0 Å². The number of aromatic nitrogens is 1. The SMILES string of the molecule is Cc1cc(C(=O)CSc2ccc3ccccc3c2)c(C)n1C1CCS(=O)(=O)C1. The van der Waals surface area contributed by atoms with Gasteiger partial charge in [-0.2, -0.15) is 0 Å². The number of carbonyl (C=O) groups is 1. The molecule has 1 aliphatic heterocycles. The van der Waals surface area contributed by atoms with Crippen LogP contribution in [0.4, 0.5) is 0 Å². The Kier molecular flexibility index (Phi) is 5.10. The molecule has 0 amide bonds. The maximum atomic E-state index is 12.9. The molecule has 3 aromatic rings. The number of nitrogens with zero attached hydrogens (tertiary/aromatic N) is 1. The monoisotopic (exact) mass is 413 g/mol. The van der Waals surface area contributed by atoms with Crippen molar-refractivity contribution < 1.29 is 13.2 Å². The number of rotatable bonds is 5. The van der Waals surface area contributed by atoms with E-state index in [-0.39, 0.29) is 23.3 Å². The molecule has 1 aliphatic rings. The van der Waals surface area contributed by atoms with Gasteiger partial charge in [0.1, 0.15) is 0 Å². The number of fused-ring (bicyclic) bond motifs is 1. The Hall–Kier alpha value is -2.05. The fraction of sp³-hybridized carbons (Fsp3) is 0.318. The zero-order valence-corrected chi connectivity index (χ0v) is 17.6. The number of aryl methyl sites for hydroxylation is 1. The van der Waals surface area contributed by atoms with Crippen LogP contribution in [0.5, 0.6) is 0 Å². The zero-order chi connectivity index (χ0) is 19.9. The number of hydrogen-bond acceptors (Lipinski definition) is 4. The molecule has 0 radical (unpaired) electrons. The van der Waals surface area contributed by atoms with Crippen LogP contribution in [0.1, 0.15) is 34.2 Å². The largest absolute Gasteiger partial charge is 0.344 e. The number of thioether (sulfide) groups is 1. The summed E-state index contributed by atoms with van der Waals surface area (Å²) in [4.78, 5) is 13.9. The molecule has 2 aromatic carbocycles. The molecule has 1 atom stereocenters. The van der Waals surface area contributed by atoms with Crippen molar-refractivity contribution in [2.75, 3.05) is 17.3 Å². The van der Waals surface area contributed by atoms with Crippen LogP contribution in [0.15, 0.2) is 53.4 Å². The normalized spacial score (nSPS) is 18.6. The lowest BCUT2D eigenvalue weighted by molar-refractivity contribution is 0.102. The van der Waals surface area contributed by atoms with Gasteiger partial charge in [0.15, 0.2) is 15.6 Å². The summed E-state index contributed by atoms with van der Waals surface area (Å²) in [5, 5.41) is 2.36. The highest BCUT2D eigenvalue weighted by atomic mass is 32.2. The van der Waals surface area contributed by atoms with Crippen molar-refractivity contribution >= 4 is 38.2 Å². The molecule has 0 N–H and O–H groups in total. The van der Waals surface area contributed by atoms with Gasteiger partial charge in [-0.1, -0.05) is 30.3 Å². The molecule has 4 rings (SSSR count). The highest BCUT2D eigenvalue weighted by molar-refractivity contribution is 8.00. The molecule has 0 bridgehead atoms. The van der Waals surface area contributed by atoms with E-state index in [1.807, 2.05) is 42.7 Å². The van der Waals surface area contributed by atoms with E-state index < -0.39 is 9.84 Å². The number of carbonyl (C=O) groups excluding carboxylic acids is 1. The number of ketones is 1. The average molecular weight is 414 g/mol. The van der Waals surface area contributed by atoms with Gasteiger partial charge in [0.25, 0.3) is 0 Å². The van der Waals surface area contributed by atoms with E-state index in [1.165, 1.54) is 22.5 Å². The Bertz CT molecular complexity index is 1160. The van der Waals surface area contributed by atoms with Gasteiger partial charge >= 0.3 is 0 Å². The molecule has 0 spiro atoms. The molecule has 0 aliphatic carbocycles. The summed E-state index contributed by atoms with van der Waals surface area (Å²) < 4.78 is 25.7. The van der Waals surface area contributed by atoms with Gasteiger partial charge in [-0.3, -0.25) is 4.79 Å². The second-order valence-electron chi connectivity index (χ2n) is 7.43. The smallest absolute Gasteiger partial charge is 0.174 e. The minimum absolute atomic E-state index is 0.0558. The molecule has 1 aromatic heterocycles. The topological polar surface area (TPSA) is 56.1 Å². The van der Waals surface area contributed by atoms with E-state index in [1.54, 1.807) is 0 Å². The third-order valence-corrected chi connectivity index (χ3v) is 8.19. The van der Waals surface area contributed by atoms with Gasteiger partial charge in [-0.05, 0) is 49.2 Å². The summed E-state index contributed by atoms with van der Waals surface area (Å²) >= 11 is 1.54. The van der Waals surface area contributed by atoms with Crippen molar-refractivity contribution in [2.24, 2.45) is 0 Å². The summed E-state index contributed by atoms with van der Waals surface area (Å²) in [6.07, 6.45) is 0.623. The summed E-state index contributed by atoms with van der Waals surface area (Å²) in [5.74, 6) is 0.850. The Morgan fingerprint density at radius 2 is 1.86 bits per heavy atom. The van der Waals surface area contributed by atoms with Crippen molar-refractivity contribution in [3.8, 4) is 0 Å². The molecule has 28 heavy (non-hydrogen) atoms. The first-order valence-corrected chi connectivity index (χ1v) is 12.2. The van der Waals surface area contributed by atoms with E-state index in [4.69, 9.17) is 0 Å². The Labute approximate surface area is 169 Å². The predicted octanol–water partition coefficient (Wildman–Crippen LogP) is 4.59. The van der Waals surface area contributed by atoms with Crippen LogP contribution in [0.25, 0.3) is 10.8 Å². The third-order valence-electron chi connectivity index (χ3n) is 5.45. The third kappa shape index (κ3) is 3.76. The van der Waals surface area contributed by atoms with Crippen LogP contribution in [0.3, 0.4) is 0 Å². The first-order valence-electron chi connectivity index (χ1n) is 9.38. The Balaban J connectivity index is 1.51. The minimum Gasteiger partial charge on any atom is -0.344 e. The van der Waals surface area contributed by atoms with E-state index >= 15 is 0 Å². The molecule has 6 heteroatoms. The summed E-state index contributed by atoms with van der Waals surface area (Å²) in [6, 6.07) is 16.3. The van der Waals surface area contributed by atoms with Crippen molar-refractivity contribution in [1.82, 2.24) is 4.57 Å². The van der Waals surface area contributed by atoms with E-state index in [9.17, 15) is 13.2 Å². The highest BCUT2D eigenvalue weighted by Crippen LogP contribution is 2.30. The fourth-order valence-corrected chi connectivity index (χ4v) is 6.61. The standard InChI is InChI=1S/C22H23NO3S2/c1-15-11-21(16(2)23(15)19-9-10-28(25,26)14-19)22(24)13-27-20-8-7-17-5-3-4-6-18(17)12-20/h3-8,11-12,19H,9-10,13-14H2,1-2H3. The lowest BCUT2D eigenvalue weighted by Gasteiger charge is -2.16. The van der Waals surface area contributed by atoms with Crippen LogP contribution in [-0.2, 0) is 9.84 Å². The van der Waals surface area contributed by atoms with Crippen LogP contribution in [-0.4, -0.2) is 36.0 Å². The van der Waals surface area contributed by atoms with Crippen LogP contribution >= 0.6 is 11.8 Å². The molecule has 2 heterocycles. The zero-order valence-electron chi connectivity index (χ0n) is 16.0. The van der Waals surface area contributed by atoms with Crippen LogP contribution in [0.2, 0.25) is 0 Å². The predicted molar refractivity (Wildman–Crippen MR) is 115 cm³/mol. The van der Waals surface area contributed by atoms with Gasteiger partial charge in [0.2, 0.25) is 0 Å². The molecule has 1 unspecified atom stereocenters. The lowest BCUT2D eigenvalue weighted by atomic mass is 10.1. The maximum Gasteiger partial charge on any atom is 0.174 e. The number of Topliss-reactive ketones (excluding diaryl/α,β-unsaturated/α-hetero) is 1. The molecule has 4 nitrogen and oxygen atoms in total. The molecule has 1 saturated heterocycles. The van der Waals surface area contributed by atoms with Crippen molar-refractivity contribution in [3.63, 3.8) is 0 Å². The Morgan fingerprint density at radius 1 is 1.11 bits per heavy atom. The first-order chi connectivity index (χ1) is 13.3. The van der Waals surface area contributed by atoms with Gasteiger partial charge in [-0.25, -0.2) is 8.42 Å². The molecule has 1 fully saturated rings. The van der Waals surface area contributed by atoms with Gasteiger partial charge in [-0.15, -0.1) is 11.8 Å². The number of benzene rings is 2. The van der Waals surface area contributed by atoms with Crippen molar-refractivity contribution in [3.05, 3.63) is 65.5 Å². The quantitative estimate of drug-likeness (QED) is 0.453. The lowest BCUT2D eigenvalue weighted by Crippen LogP contribution is -2.14. The number of sulfone groups is 1. The Morgan fingerprint density at radius 3 is 2.57 bits per heavy atom. The van der Waals surface area contributed by atoms with E-state index in [0.717, 1.165) is 16.3 Å². The molecular weight excluding hydrogens is 390 g/mol. The second kappa shape index (κ2) is 7.41. The van der Waals surface area contributed by atoms with Gasteiger partial charge < -0.3 is 4.57 Å². The summed E-state index contributed by atoms with van der Waals surface area (Å²) in [7, 11) is -2.96. The second-order valence-corrected chi connectivity index (χ2v) is 10.7. The summed E-state index contributed by atoms with van der Waals surface area (Å²) in [5.41, 5.74) is 2.54. The van der Waals surface area contributed by atoms with E-state index in [2.05, 4.69) is 24.3 Å². The van der Waals surface area contributed by atoms with Gasteiger partial charge in [0, 0.05) is 27.9 Å². The molecular formula is C22H23NO3S2. The minimum atomic E-state index is -2.96. The first kappa shape index (κ1) is 19.3. The number of hydrogen-bond donors (Lipinski definition) is 0. The van der Waals surface area contributed by atoms with E-state index in [0.29, 0.717) is 17.7 Å². The molecule has 0 saturated carbocycles. The van der Waals surface area contributed by atoms with Gasteiger partial charge in [0.05, 0.1) is 17.3 Å². The van der Waals surface area contributed by atoms with Crippen LogP contribution in [0, 0.1) is 13.8 Å².